The molecule has 0 spiro atoms. The van der Waals surface area contributed by atoms with E-state index in [4.69, 9.17) is 11.6 Å². The van der Waals surface area contributed by atoms with Crippen molar-refractivity contribution in [1.82, 2.24) is 4.72 Å². The number of rotatable bonds is 4. The van der Waals surface area contributed by atoms with Gasteiger partial charge in [0.15, 0.2) is 0 Å². The van der Waals surface area contributed by atoms with E-state index < -0.39 is 15.8 Å². The molecule has 0 fully saturated rings. The van der Waals surface area contributed by atoms with Crippen LogP contribution in [0.4, 0.5) is 4.39 Å². The monoisotopic (exact) mass is 313 g/mol. The van der Waals surface area contributed by atoms with Crippen molar-refractivity contribution in [2.75, 3.05) is 0 Å². The van der Waals surface area contributed by atoms with Crippen LogP contribution < -0.4 is 4.72 Å². The summed E-state index contributed by atoms with van der Waals surface area (Å²) in [6.45, 7) is 2.08. The summed E-state index contributed by atoms with van der Waals surface area (Å²) in [4.78, 5) is -0.131. The first-order chi connectivity index (χ1) is 9.38. The van der Waals surface area contributed by atoms with Gasteiger partial charge in [-0.25, -0.2) is 17.5 Å². The normalized spacial score (nSPS) is 11.6. The maximum absolute atomic E-state index is 12.9. The van der Waals surface area contributed by atoms with Crippen LogP contribution in [0.15, 0.2) is 47.4 Å². The highest BCUT2D eigenvalue weighted by molar-refractivity contribution is 7.89. The van der Waals surface area contributed by atoms with Crippen LogP contribution in [0.3, 0.4) is 0 Å². The molecule has 0 saturated carbocycles. The van der Waals surface area contributed by atoms with E-state index in [1.807, 2.05) is 31.2 Å². The van der Waals surface area contributed by atoms with Crippen LogP contribution in [0.1, 0.15) is 11.1 Å². The average Bonchev–Trinajstić information content (AvgIpc) is 2.36. The average molecular weight is 314 g/mol. The minimum atomic E-state index is -3.77. The van der Waals surface area contributed by atoms with Crippen LogP contribution in [0, 0.1) is 12.7 Å². The molecule has 0 aliphatic heterocycles. The Kier molecular flexibility index (Phi) is 4.42. The van der Waals surface area contributed by atoms with Crippen molar-refractivity contribution in [1.29, 1.82) is 0 Å². The topological polar surface area (TPSA) is 46.2 Å². The fourth-order valence-corrected chi connectivity index (χ4v) is 3.32. The fraction of sp³-hybridized carbons (Fsp3) is 0.143. The van der Waals surface area contributed by atoms with Gasteiger partial charge in [-0.05, 0) is 30.7 Å². The van der Waals surface area contributed by atoms with Crippen molar-refractivity contribution < 1.29 is 12.8 Å². The minimum Gasteiger partial charge on any atom is -0.207 e. The number of halogens is 2. The third kappa shape index (κ3) is 3.56. The third-order valence-electron chi connectivity index (χ3n) is 2.73. The van der Waals surface area contributed by atoms with Gasteiger partial charge in [0.2, 0.25) is 10.0 Å². The molecule has 0 bridgehead atoms. The number of hydrogen-bond donors (Lipinski definition) is 1. The van der Waals surface area contributed by atoms with E-state index in [9.17, 15) is 12.8 Å². The second-order valence-corrected chi connectivity index (χ2v) is 6.53. The van der Waals surface area contributed by atoms with Gasteiger partial charge in [-0.15, -0.1) is 0 Å². The Balaban J connectivity index is 2.19. The molecule has 0 aliphatic rings. The van der Waals surface area contributed by atoms with Crippen molar-refractivity contribution in [3.05, 3.63) is 64.4 Å². The van der Waals surface area contributed by atoms with Crippen molar-refractivity contribution in [3.63, 3.8) is 0 Å². The molecule has 2 aromatic carbocycles. The van der Waals surface area contributed by atoms with E-state index in [0.29, 0.717) is 0 Å². The van der Waals surface area contributed by atoms with Gasteiger partial charge in [0, 0.05) is 6.54 Å². The maximum atomic E-state index is 12.9. The first-order valence-corrected chi connectivity index (χ1v) is 7.75. The summed E-state index contributed by atoms with van der Waals surface area (Å²) in [5.41, 5.74) is 1.88. The van der Waals surface area contributed by atoms with Crippen LogP contribution in [0.25, 0.3) is 0 Å². The number of benzene rings is 2. The molecule has 0 unspecified atom stereocenters. The second-order valence-electron chi connectivity index (χ2n) is 4.39. The predicted molar refractivity (Wildman–Crippen MR) is 76.6 cm³/mol. The fourth-order valence-electron chi connectivity index (χ4n) is 1.77. The Bertz CT molecular complexity index is 732. The maximum Gasteiger partial charge on any atom is 0.242 e. The molecule has 0 radical (unpaired) electrons. The largest absolute Gasteiger partial charge is 0.242 e. The predicted octanol–water partition coefficient (Wildman–Crippen LogP) is 3.27. The highest BCUT2D eigenvalue weighted by Crippen LogP contribution is 2.22. The van der Waals surface area contributed by atoms with Gasteiger partial charge >= 0.3 is 0 Å². The summed E-state index contributed by atoms with van der Waals surface area (Å²) in [6, 6.07) is 10.7. The molecule has 106 valence electrons. The summed E-state index contributed by atoms with van der Waals surface area (Å²) in [5, 5.41) is -0.137. The van der Waals surface area contributed by atoms with Gasteiger partial charge in [-0.3, -0.25) is 0 Å². The number of hydrogen-bond acceptors (Lipinski definition) is 2. The molecule has 0 aliphatic carbocycles. The van der Waals surface area contributed by atoms with E-state index in [0.717, 1.165) is 29.3 Å². The van der Waals surface area contributed by atoms with Crippen LogP contribution in [-0.2, 0) is 16.6 Å². The summed E-state index contributed by atoms with van der Waals surface area (Å²) in [6.07, 6.45) is 0. The molecule has 0 aromatic heterocycles. The van der Waals surface area contributed by atoms with Gasteiger partial charge in [0.25, 0.3) is 0 Å². The molecular weight excluding hydrogens is 301 g/mol. The number of sulfonamides is 1. The van der Waals surface area contributed by atoms with E-state index in [1.54, 1.807) is 0 Å². The lowest BCUT2D eigenvalue weighted by molar-refractivity contribution is 0.580. The summed E-state index contributed by atoms with van der Waals surface area (Å²) in [7, 11) is -3.77. The quantitative estimate of drug-likeness (QED) is 0.941. The van der Waals surface area contributed by atoms with Crippen LogP contribution >= 0.6 is 11.6 Å². The lowest BCUT2D eigenvalue weighted by atomic mass is 10.1. The lowest BCUT2D eigenvalue weighted by Crippen LogP contribution is -2.23. The molecule has 0 saturated heterocycles. The molecule has 6 heteroatoms. The molecule has 0 atom stereocenters. The smallest absolute Gasteiger partial charge is 0.207 e. The standard InChI is InChI=1S/C14H13ClFNO2S/c1-10-3-2-4-11(7-10)9-17-20(18,19)14-6-5-12(16)8-13(14)15/h2-8,17H,9H2,1H3. The van der Waals surface area contributed by atoms with E-state index in [1.165, 1.54) is 0 Å². The molecule has 0 amide bonds. The van der Waals surface area contributed by atoms with Gasteiger partial charge < -0.3 is 0 Å². The summed E-state index contributed by atoms with van der Waals surface area (Å²) >= 11 is 5.76. The number of aryl methyl sites for hydroxylation is 1. The van der Waals surface area contributed by atoms with E-state index in [2.05, 4.69) is 4.72 Å². The Morgan fingerprint density at radius 1 is 1.20 bits per heavy atom. The highest BCUT2D eigenvalue weighted by Gasteiger charge is 2.17. The van der Waals surface area contributed by atoms with Crippen LogP contribution in [-0.4, -0.2) is 8.42 Å². The first-order valence-electron chi connectivity index (χ1n) is 5.89. The third-order valence-corrected chi connectivity index (χ3v) is 4.62. The van der Waals surface area contributed by atoms with Gasteiger partial charge in [-0.1, -0.05) is 41.4 Å². The first kappa shape index (κ1) is 15.0. The Labute approximate surface area is 122 Å². The summed E-state index contributed by atoms with van der Waals surface area (Å²) in [5.74, 6) is -0.576. The van der Waals surface area contributed by atoms with E-state index in [-0.39, 0.29) is 16.5 Å². The molecular formula is C14H13ClFNO2S. The minimum absolute atomic E-state index is 0.131. The Hall–Kier alpha value is -1.43. The van der Waals surface area contributed by atoms with Crippen LogP contribution in [0.2, 0.25) is 5.02 Å². The molecule has 2 aromatic rings. The number of nitrogens with one attached hydrogen (secondary N) is 1. The SMILES string of the molecule is Cc1cccc(CNS(=O)(=O)c2ccc(F)cc2Cl)c1. The lowest BCUT2D eigenvalue weighted by Gasteiger charge is -2.09. The summed E-state index contributed by atoms with van der Waals surface area (Å²) < 4.78 is 39.6. The molecule has 3 nitrogen and oxygen atoms in total. The van der Waals surface area contributed by atoms with E-state index >= 15 is 0 Å². The molecule has 0 heterocycles. The zero-order valence-corrected chi connectivity index (χ0v) is 12.3. The zero-order chi connectivity index (χ0) is 14.8. The molecule has 20 heavy (non-hydrogen) atoms. The van der Waals surface area contributed by atoms with Crippen LogP contribution in [0.5, 0.6) is 0 Å². The van der Waals surface area contributed by atoms with Gasteiger partial charge in [-0.2, -0.15) is 0 Å². The Morgan fingerprint density at radius 3 is 2.60 bits per heavy atom. The van der Waals surface area contributed by atoms with Crippen molar-refractivity contribution in [2.45, 2.75) is 18.4 Å². The molecule has 1 N–H and O–H groups in total. The van der Waals surface area contributed by atoms with Crippen molar-refractivity contribution >= 4 is 21.6 Å². The highest BCUT2D eigenvalue weighted by atomic mass is 35.5. The van der Waals surface area contributed by atoms with Gasteiger partial charge in [0.1, 0.15) is 10.7 Å². The second kappa shape index (κ2) is 5.91. The van der Waals surface area contributed by atoms with Crippen molar-refractivity contribution in [3.8, 4) is 0 Å². The molecule has 2 rings (SSSR count). The zero-order valence-electron chi connectivity index (χ0n) is 10.7. The Morgan fingerprint density at radius 2 is 1.95 bits per heavy atom. The van der Waals surface area contributed by atoms with Crippen molar-refractivity contribution in [2.24, 2.45) is 0 Å². The van der Waals surface area contributed by atoms with Gasteiger partial charge in [0.05, 0.1) is 5.02 Å².